The van der Waals surface area contributed by atoms with Gasteiger partial charge in [-0.05, 0) is 46.6 Å². The van der Waals surface area contributed by atoms with Gasteiger partial charge in [-0.15, -0.1) is 11.3 Å². The number of thiophene rings is 1. The molecule has 0 saturated carbocycles. The Labute approximate surface area is 125 Å². The number of fused-ring (bicyclic) bond motifs is 3. The lowest BCUT2D eigenvalue weighted by molar-refractivity contribution is 0.627. The monoisotopic (exact) mass is 375 g/mol. The molecule has 1 aromatic carbocycles. The summed E-state index contributed by atoms with van der Waals surface area (Å²) in [6.45, 7) is 0.945. The highest BCUT2D eigenvalue weighted by molar-refractivity contribution is 14.1. The van der Waals surface area contributed by atoms with Gasteiger partial charge in [-0.25, -0.2) is 4.39 Å². The maximum absolute atomic E-state index is 13.3. The van der Waals surface area contributed by atoms with Gasteiger partial charge in [0.2, 0.25) is 0 Å². The van der Waals surface area contributed by atoms with Crippen molar-refractivity contribution in [2.24, 2.45) is 0 Å². The van der Waals surface area contributed by atoms with Crippen molar-refractivity contribution in [1.82, 2.24) is 0 Å². The number of halogens is 2. The maximum atomic E-state index is 13.3. The van der Waals surface area contributed by atoms with Crippen LogP contribution in [0.1, 0.15) is 5.56 Å². The van der Waals surface area contributed by atoms with E-state index in [-0.39, 0.29) is 5.82 Å². The minimum absolute atomic E-state index is 0.161. The van der Waals surface area contributed by atoms with E-state index in [0.717, 1.165) is 24.2 Å². The van der Waals surface area contributed by atoms with Crippen molar-refractivity contribution >= 4 is 39.6 Å². The molecule has 0 amide bonds. The van der Waals surface area contributed by atoms with Gasteiger partial charge < -0.3 is 4.90 Å². The second-order valence-electron chi connectivity index (χ2n) is 4.11. The fourth-order valence-corrected chi connectivity index (χ4v) is 3.18. The van der Waals surface area contributed by atoms with Crippen LogP contribution >= 0.6 is 33.9 Å². The smallest absolute Gasteiger partial charge is 0.125 e. The first-order valence-electron chi connectivity index (χ1n) is 5.71. The van der Waals surface area contributed by atoms with E-state index in [1.54, 1.807) is 23.5 Å². The van der Waals surface area contributed by atoms with E-state index in [2.05, 4.69) is 38.9 Å². The average Bonchev–Trinajstić information content (AvgIpc) is 2.82. The second kappa shape index (κ2) is 6.02. The summed E-state index contributed by atoms with van der Waals surface area (Å²) in [5.41, 5.74) is 3.54. The molecule has 2 heterocycles. The summed E-state index contributed by atoms with van der Waals surface area (Å²) in [5.74, 6) is -0.161. The molecule has 0 fully saturated rings. The second-order valence-corrected chi connectivity index (χ2v) is 5.02. The van der Waals surface area contributed by atoms with Crippen molar-refractivity contribution in [2.75, 3.05) is 23.4 Å². The molecule has 96 valence electrons. The molecule has 0 unspecified atom stereocenters. The molecular formula is C14H15FINS. The number of rotatable bonds is 0. The molecule has 1 aromatic heterocycles. The zero-order valence-electron chi connectivity index (χ0n) is 10.4. The molecule has 0 saturated heterocycles. The third kappa shape index (κ3) is 2.54. The molecule has 0 bridgehead atoms. The standard InChI is InChI=1S/C13H12FNS.CH3I/c1-15-6-4-9-5-7-16-13(9)11-3-2-10(14)8-12(11)15;1-2/h2-3,5,7-8H,4,6H2,1H3;1H3. The predicted molar refractivity (Wildman–Crippen MR) is 86.6 cm³/mol. The van der Waals surface area contributed by atoms with Crippen molar-refractivity contribution in [2.45, 2.75) is 6.42 Å². The van der Waals surface area contributed by atoms with Crippen LogP contribution in [0.4, 0.5) is 10.1 Å². The van der Waals surface area contributed by atoms with E-state index in [1.807, 2.05) is 18.0 Å². The van der Waals surface area contributed by atoms with Gasteiger partial charge in [0.1, 0.15) is 5.82 Å². The van der Waals surface area contributed by atoms with Gasteiger partial charge in [0.05, 0.1) is 0 Å². The van der Waals surface area contributed by atoms with Crippen LogP contribution in [0, 0.1) is 5.82 Å². The van der Waals surface area contributed by atoms with Gasteiger partial charge in [-0.1, -0.05) is 22.6 Å². The maximum Gasteiger partial charge on any atom is 0.125 e. The van der Waals surface area contributed by atoms with Gasteiger partial charge in [-0.2, -0.15) is 0 Å². The average molecular weight is 375 g/mol. The fraction of sp³-hybridized carbons (Fsp3) is 0.286. The van der Waals surface area contributed by atoms with Gasteiger partial charge in [0, 0.05) is 29.7 Å². The SMILES string of the molecule is CI.CN1CCc2ccsc2-c2ccc(F)cc21. The van der Waals surface area contributed by atoms with E-state index in [1.165, 1.54) is 10.4 Å². The number of hydrogen-bond donors (Lipinski definition) is 0. The molecule has 2 aromatic rings. The largest absolute Gasteiger partial charge is 0.374 e. The lowest BCUT2D eigenvalue weighted by Gasteiger charge is -2.19. The van der Waals surface area contributed by atoms with Gasteiger partial charge in [0.15, 0.2) is 0 Å². The first-order chi connectivity index (χ1) is 8.75. The Morgan fingerprint density at radius 3 is 2.83 bits per heavy atom. The van der Waals surface area contributed by atoms with Crippen LogP contribution in [-0.4, -0.2) is 18.5 Å². The van der Waals surface area contributed by atoms with Crippen molar-refractivity contribution in [3.63, 3.8) is 0 Å². The summed E-state index contributed by atoms with van der Waals surface area (Å²) < 4.78 is 13.3. The van der Waals surface area contributed by atoms with Crippen molar-refractivity contribution in [3.8, 4) is 10.4 Å². The Kier molecular flexibility index (Phi) is 4.61. The number of hydrogen-bond acceptors (Lipinski definition) is 2. The van der Waals surface area contributed by atoms with Crippen LogP contribution in [0.5, 0.6) is 0 Å². The van der Waals surface area contributed by atoms with Crippen molar-refractivity contribution < 1.29 is 4.39 Å². The van der Waals surface area contributed by atoms with Gasteiger partial charge in [-0.3, -0.25) is 0 Å². The quantitative estimate of drug-likeness (QED) is 0.481. The normalized spacial score (nSPS) is 13.0. The Bertz CT molecular complexity index is 538. The topological polar surface area (TPSA) is 3.24 Å². The molecule has 0 N–H and O–H groups in total. The highest BCUT2D eigenvalue weighted by Gasteiger charge is 2.18. The first-order valence-corrected chi connectivity index (χ1v) is 8.74. The molecule has 18 heavy (non-hydrogen) atoms. The molecule has 3 rings (SSSR count). The van der Waals surface area contributed by atoms with Crippen LogP contribution in [0.15, 0.2) is 29.6 Å². The Balaban J connectivity index is 0.000000574. The van der Waals surface area contributed by atoms with Crippen LogP contribution < -0.4 is 4.90 Å². The van der Waals surface area contributed by atoms with Crippen LogP contribution in [-0.2, 0) is 6.42 Å². The zero-order chi connectivity index (χ0) is 13.1. The van der Waals surface area contributed by atoms with E-state index < -0.39 is 0 Å². The van der Waals surface area contributed by atoms with Crippen LogP contribution in [0.2, 0.25) is 0 Å². The molecule has 1 aliphatic rings. The summed E-state index contributed by atoms with van der Waals surface area (Å²) in [6, 6.07) is 7.24. The Hall–Kier alpha value is -0.620. The summed E-state index contributed by atoms with van der Waals surface area (Å²) in [5, 5.41) is 2.11. The first kappa shape index (κ1) is 13.8. The highest BCUT2D eigenvalue weighted by atomic mass is 127. The lowest BCUT2D eigenvalue weighted by atomic mass is 10.1. The molecule has 1 nitrogen and oxygen atoms in total. The minimum Gasteiger partial charge on any atom is -0.374 e. The number of likely N-dealkylation sites (N-methyl/N-ethyl adjacent to an activating group) is 1. The van der Waals surface area contributed by atoms with E-state index >= 15 is 0 Å². The fourth-order valence-electron chi connectivity index (χ4n) is 2.19. The summed E-state index contributed by atoms with van der Waals surface area (Å²) >= 11 is 3.89. The van der Waals surface area contributed by atoms with Gasteiger partial charge in [0.25, 0.3) is 0 Å². The minimum atomic E-state index is -0.161. The van der Waals surface area contributed by atoms with Crippen molar-refractivity contribution in [1.29, 1.82) is 0 Å². The van der Waals surface area contributed by atoms with Crippen LogP contribution in [0.3, 0.4) is 0 Å². The van der Waals surface area contributed by atoms with E-state index in [4.69, 9.17) is 0 Å². The van der Waals surface area contributed by atoms with Crippen molar-refractivity contribution in [3.05, 3.63) is 41.0 Å². The summed E-state index contributed by atoms with van der Waals surface area (Å²) in [4.78, 5) is 5.39. The molecular weight excluding hydrogens is 360 g/mol. The zero-order valence-corrected chi connectivity index (χ0v) is 13.4. The predicted octanol–water partition coefficient (Wildman–Crippen LogP) is 4.60. The molecule has 1 aliphatic heterocycles. The Morgan fingerprint density at radius 1 is 1.28 bits per heavy atom. The lowest BCUT2D eigenvalue weighted by Crippen LogP contribution is -2.19. The molecule has 0 radical (unpaired) electrons. The van der Waals surface area contributed by atoms with Gasteiger partial charge >= 0.3 is 0 Å². The van der Waals surface area contributed by atoms with E-state index in [9.17, 15) is 4.39 Å². The van der Waals surface area contributed by atoms with Crippen LogP contribution in [0.25, 0.3) is 10.4 Å². The Morgan fingerprint density at radius 2 is 2.06 bits per heavy atom. The summed E-state index contributed by atoms with van der Waals surface area (Å²) in [6.07, 6.45) is 1.03. The number of anilines is 1. The number of benzene rings is 1. The van der Waals surface area contributed by atoms with E-state index in [0.29, 0.717) is 0 Å². The molecule has 0 aliphatic carbocycles. The molecule has 0 atom stereocenters. The third-order valence-corrected chi connectivity index (χ3v) is 4.07. The number of nitrogens with zero attached hydrogens (tertiary/aromatic N) is 1. The third-order valence-electron chi connectivity index (χ3n) is 3.08. The molecule has 0 spiro atoms. The summed E-state index contributed by atoms with van der Waals surface area (Å²) in [7, 11) is 2.02. The number of alkyl halides is 1. The highest BCUT2D eigenvalue weighted by Crippen LogP contribution is 2.39. The molecule has 4 heteroatoms.